The minimum absolute atomic E-state index is 0.392. The average Bonchev–Trinajstić information content (AvgIpc) is 3.19. The number of aryl methyl sites for hydroxylation is 3. The van der Waals surface area contributed by atoms with Crippen LogP contribution in [0.25, 0.3) is 0 Å². The number of pyridine rings is 1. The molecule has 2 fully saturated rings. The molecule has 1 saturated carbocycles. The van der Waals surface area contributed by atoms with Gasteiger partial charge in [-0.3, -0.25) is 9.59 Å². The molecule has 1 aromatic carbocycles. The highest BCUT2D eigenvalue weighted by Gasteiger charge is 2.31. The third kappa shape index (κ3) is 6.04. The SMILES string of the molecule is Cc1cc(C)nc(N2CCCN(c3ccc(NC(=O)C(=O)c4c(C5CCCCC5)cc5n4CCCC5)cc3)CC2)c1. The maximum atomic E-state index is 13.6. The molecule has 0 spiro atoms. The van der Waals surface area contributed by atoms with Crippen molar-refractivity contribution < 1.29 is 9.59 Å². The first-order valence-electron chi connectivity index (χ1n) is 15.6. The molecule has 1 saturated heterocycles. The van der Waals surface area contributed by atoms with Crippen LogP contribution in [0.4, 0.5) is 17.2 Å². The topological polar surface area (TPSA) is 70.5 Å². The van der Waals surface area contributed by atoms with Crippen LogP contribution in [0, 0.1) is 13.8 Å². The number of anilines is 3. The molecule has 7 nitrogen and oxygen atoms in total. The van der Waals surface area contributed by atoms with Crippen molar-refractivity contribution in [1.82, 2.24) is 9.55 Å². The summed E-state index contributed by atoms with van der Waals surface area (Å²) >= 11 is 0. The maximum Gasteiger partial charge on any atom is 0.298 e. The van der Waals surface area contributed by atoms with Gasteiger partial charge >= 0.3 is 0 Å². The van der Waals surface area contributed by atoms with Crippen molar-refractivity contribution in [2.75, 3.05) is 41.3 Å². The monoisotopic (exact) mass is 553 g/mol. The van der Waals surface area contributed by atoms with Gasteiger partial charge in [-0.2, -0.15) is 0 Å². The first-order chi connectivity index (χ1) is 20.0. The van der Waals surface area contributed by atoms with Crippen LogP contribution in [-0.4, -0.2) is 47.4 Å². The molecule has 2 aromatic heterocycles. The van der Waals surface area contributed by atoms with Gasteiger partial charge in [0, 0.05) is 55.5 Å². The molecule has 1 N–H and O–H groups in total. The van der Waals surface area contributed by atoms with Crippen molar-refractivity contribution in [2.24, 2.45) is 0 Å². The minimum Gasteiger partial charge on any atom is -0.370 e. The molecule has 0 atom stereocenters. The molecule has 6 rings (SSSR count). The number of Topliss-reactive ketones (excluding diaryl/α,β-unsaturated/α-hetero) is 1. The highest BCUT2D eigenvalue weighted by molar-refractivity contribution is 6.46. The number of nitrogens with zero attached hydrogens (tertiary/aromatic N) is 4. The standard InChI is InChI=1S/C34H43N5O2/c1-24-21-25(2)35-31(22-24)38-17-8-16-37(19-20-38)28-14-12-27(13-15-28)36-34(41)33(40)32-30(26-9-4-3-5-10-26)23-29-11-6-7-18-39(29)32/h12-15,21-23,26H,3-11,16-20H2,1-2H3,(H,36,41). The third-order valence-corrected chi connectivity index (χ3v) is 9.14. The Bertz CT molecular complexity index is 1380. The molecule has 216 valence electrons. The van der Waals surface area contributed by atoms with E-state index in [1.165, 1.54) is 30.5 Å². The fourth-order valence-corrected chi connectivity index (χ4v) is 7.08. The molecule has 3 aromatic rings. The summed E-state index contributed by atoms with van der Waals surface area (Å²) in [6.45, 7) is 8.77. The van der Waals surface area contributed by atoms with E-state index in [1.807, 2.05) is 12.1 Å². The van der Waals surface area contributed by atoms with Gasteiger partial charge in [0.1, 0.15) is 5.82 Å². The second-order valence-electron chi connectivity index (χ2n) is 12.2. The van der Waals surface area contributed by atoms with Gasteiger partial charge in [-0.15, -0.1) is 0 Å². The lowest BCUT2D eigenvalue weighted by molar-refractivity contribution is -0.112. The number of benzene rings is 1. The molecule has 7 heteroatoms. The quantitative estimate of drug-likeness (QED) is 0.282. The van der Waals surface area contributed by atoms with Crippen molar-refractivity contribution in [2.45, 2.75) is 84.1 Å². The molecule has 4 heterocycles. The lowest BCUT2D eigenvalue weighted by atomic mass is 9.83. The van der Waals surface area contributed by atoms with Crippen molar-refractivity contribution in [3.63, 3.8) is 0 Å². The van der Waals surface area contributed by atoms with Crippen LogP contribution in [0.1, 0.15) is 90.3 Å². The Labute approximate surface area is 243 Å². The lowest BCUT2D eigenvalue weighted by Gasteiger charge is -2.25. The smallest absolute Gasteiger partial charge is 0.298 e. The Hall–Kier alpha value is -3.61. The number of amides is 1. The summed E-state index contributed by atoms with van der Waals surface area (Å²) in [5, 5.41) is 2.91. The number of ketones is 1. The number of aromatic nitrogens is 2. The average molecular weight is 554 g/mol. The van der Waals surface area contributed by atoms with Crippen molar-refractivity contribution >= 4 is 28.9 Å². The van der Waals surface area contributed by atoms with E-state index in [9.17, 15) is 9.59 Å². The Morgan fingerprint density at radius 1 is 0.805 bits per heavy atom. The number of nitrogens with one attached hydrogen (secondary N) is 1. The van der Waals surface area contributed by atoms with Crippen LogP contribution in [0.5, 0.6) is 0 Å². The molecular weight excluding hydrogens is 510 g/mol. The van der Waals surface area contributed by atoms with Crippen molar-refractivity contribution in [3.8, 4) is 0 Å². The number of carbonyl (C=O) groups is 2. The van der Waals surface area contributed by atoms with Crippen molar-refractivity contribution in [1.29, 1.82) is 0 Å². The molecule has 0 unspecified atom stereocenters. The first kappa shape index (κ1) is 27.6. The Kier molecular flexibility index (Phi) is 8.13. The molecular formula is C34H43N5O2. The predicted molar refractivity (Wildman–Crippen MR) is 165 cm³/mol. The highest BCUT2D eigenvalue weighted by Crippen LogP contribution is 2.37. The van der Waals surface area contributed by atoms with E-state index in [-0.39, 0.29) is 0 Å². The highest BCUT2D eigenvalue weighted by atomic mass is 16.2. The Balaban J connectivity index is 1.12. The van der Waals surface area contributed by atoms with Gasteiger partial charge in [0.15, 0.2) is 0 Å². The van der Waals surface area contributed by atoms with E-state index in [0.717, 1.165) is 94.0 Å². The number of hydrogen-bond acceptors (Lipinski definition) is 5. The summed E-state index contributed by atoms with van der Waals surface area (Å²) in [6, 6.07) is 14.5. The molecule has 41 heavy (non-hydrogen) atoms. The summed E-state index contributed by atoms with van der Waals surface area (Å²) in [7, 11) is 0. The summed E-state index contributed by atoms with van der Waals surface area (Å²) in [4.78, 5) is 36.5. The van der Waals surface area contributed by atoms with E-state index < -0.39 is 11.7 Å². The van der Waals surface area contributed by atoms with Gasteiger partial charge < -0.3 is 19.7 Å². The first-order valence-corrected chi connectivity index (χ1v) is 15.6. The molecule has 3 aliphatic rings. The van der Waals surface area contributed by atoms with Crippen molar-refractivity contribution in [3.05, 3.63) is 70.7 Å². The van der Waals surface area contributed by atoms with Gasteiger partial charge in [-0.25, -0.2) is 4.98 Å². The summed E-state index contributed by atoms with van der Waals surface area (Å²) in [5.41, 5.74) is 7.07. The summed E-state index contributed by atoms with van der Waals surface area (Å²) in [5.74, 6) is 0.522. The number of rotatable bonds is 6. The van der Waals surface area contributed by atoms with E-state index in [4.69, 9.17) is 4.98 Å². The van der Waals surface area contributed by atoms with Crippen LogP contribution in [0.3, 0.4) is 0 Å². The molecule has 1 amide bonds. The molecule has 2 aliphatic heterocycles. The second kappa shape index (κ2) is 12.1. The van der Waals surface area contributed by atoms with E-state index in [0.29, 0.717) is 17.3 Å². The van der Waals surface area contributed by atoms with Crippen LogP contribution in [0.15, 0.2) is 42.5 Å². The Morgan fingerprint density at radius 3 is 2.34 bits per heavy atom. The van der Waals surface area contributed by atoms with Crippen LogP contribution in [0.2, 0.25) is 0 Å². The lowest BCUT2D eigenvalue weighted by Crippen LogP contribution is -2.31. The largest absolute Gasteiger partial charge is 0.370 e. The van der Waals surface area contributed by atoms with E-state index in [1.54, 1.807) is 0 Å². The maximum absolute atomic E-state index is 13.6. The van der Waals surface area contributed by atoms with E-state index in [2.05, 4.69) is 63.9 Å². The van der Waals surface area contributed by atoms with Gasteiger partial charge in [-0.1, -0.05) is 19.3 Å². The van der Waals surface area contributed by atoms with Gasteiger partial charge in [-0.05, 0) is 112 Å². The molecule has 0 bridgehead atoms. The predicted octanol–water partition coefficient (Wildman–Crippen LogP) is 6.42. The molecule has 1 aliphatic carbocycles. The fraction of sp³-hybridized carbons (Fsp3) is 0.500. The number of hydrogen-bond donors (Lipinski definition) is 1. The van der Waals surface area contributed by atoms with Gasteiger partial charge in [0.25, 0.3) is 11.7 Å². The minimum atomic E-state index is -0.535. The van der Waals surface area contributed by atoms with E-state index >= 15 is 0 Å². The Morgan fingerprint density at radius 2 is 1.56 bits per heavy atom. The number of fused-ring (bicyclic) bond motifs is 1. The zero-order valence-corrected chi connectivity index (χ0v) is 24.6. The van der Waals surface area contributed by atoms with Crippen LogP contribution in [-0.2, 0) is 17.8 Å². The fourth-order valence-electron chi connectivity index (χ4n) is 7.08. The number of carbonyl (C=O) groups excluding carboxylic acids is 2. The zero-order chi connectivity index (χ0) is 28.3. The van der Waals surface area contributed by atoms with Gasteiger partial charge in [0.2, 0.25) is 0 Å². The van der Waals surface area contributed by atoms with Crippen LogP contribution < -0.4 is 15.1 Å². The third-order valence-electron chi connectivity index (χ3n) is 9.14. The zero-order valence-electron chi connectivity index (χ0n) is 24.6. The normalized spacial score (nSPS) is 18.1. The molecule has 0 radical (unpaired) electrons. The summed E-state index contributed by atoms with van der Waals surface area (Å²) in [6.07, 6.45) is 10.2. The van der Waals surface area contributed by atoms with Gasteiger partial charge in [0.05, 0.1) is 5.69 Å². The van der Waals surface area contributed by atoms with Crippen LogP contribution >= 0.6 is 0 Å². The summed E-state index contributed by atoms with van der Waals surface area (Å²) < 4.78 is 2.15. The second-order valence-corrected chi connectivity index (χ2v) is 12.2.